The summed E-state index contributed by atoms with van der Waals surface area (Å²) in [5, 5.41) is 9.69. The summed E-state index contributed by atoms with van der Waals surface area (Å²) >= 11 is 4.78. The largest absolute Gasteiger partial charge is 0.494 e. The highest BCUT2D eigenvalue weighted by atomic mass is 32.1. The molecule has 6 heteroatoms. The molecule has 0 aliphatic carbocycles. The molecule has 1 saturated heterocycles. The minimum absolute atomic E-state index is 0.114. The Morgan fingerprint density at radius 2 is 2.06 bits per heavy atom. The van der Waals surface area contributed by atoms with E-state index in [9.17, 15) is 9.90 Å². The van der Waals surface area contributed by atoms with Crippen molar-refractivity contribution in [2.45, 2.75) is 26.3 Å². The number of aromatic nitrogens is 2. The highest BCUT2D eigenvalue weighted by molar-refractivity contribution is 7.71. The summed E-state index contributed by atoms with van der Waals surface area (Å²) in [6.45, 7) is 4.65. The number of piperidine rings is 1. The van der Waals surface area contributed by atoms with Gasteiger partial charge in [0.15, 0.2) is 4.77 Å². The lowest BCUT2D eigenvalue weighted by atomic mass is 9.99. The van der Waals surface area contributed by atoms with Gasteiger partial charge in [0.2, 0.25) is 5.88 Å². The first-order valence-corrected chi connectivity index (χ1v) is 6.24. The Bertz CT molecular complexity index is 500. The highest BCUT2D eigenvalue weighted by Crippen LogP contribution is 2.19. The normalized spacial score (nSPS) is 18.4. The summed E-state index contributed by atoms with van der Waals surface area (Å²) in [7, 11) is 0. The van der Waals surface area contributed by atoms with Crippen LogP contribution in [0.1, 0.15) is 25.3 Å². The quantitative estimate of drug-likeness (QED) is 0.698. The maximum absolute atomic E-state index is 11.7. The molecule has 1 aromatic heterocycles. The zero-order valence-electron chi connectivity index (χ0n) is 9.82. The van der Waals surface area contributed by atoms with E-state index in [-0.39, 0.29) is 16.2 Å². The van der Waals surface area contributed by atoms with E-state index in [1.165, 1.54) is 0 Å². The summed E-state index contributed by atoms with van der Waals surface area (Å²) in [5.41, 5.74) is 0.0676. The molecule has 0 aromatic carbocycles. The standard InChI is InChI=1S/C11H17N3O2S/c1-7-2-4-14(5-3-7)6-8-9(15)12-11(17)13-10(8)16/h7H,2-6H2,1H3,(H3,12,13,15,16,17). The van der Waals surface area contributed by atoms with E-state index in [0.29, 0.717) is 12.1 Å². The van der Waals surface area contributed by atoms with E-state index in [0.717, 1.165) is 31.8 Å². The second-order valence-electron chi connectivity index (χ2n) is 4.69. The van der Waals surface area contributed by atoms with Gasteiger partial charge in [-0.3, -0.25) is 14.7 Å². The monoisotopic (exact) mass is 255 g/mol. The van der Waals surface area contributed by atoms with Crippen LogP contribution in [0.3, 0.4) is 0 Å². The van der Waals surface area contributed by atoms with Gasteiger partial charge in [0, 0.05) is 6.54 Å². The van der Waals surface area contributed by atoms with Crippen LogP contribution < -0.4 is 5.56 Å². The zero-order valence-corrected chi connectivity index (χ0v) is 10.6. The van der Waals surface area contributed by atoms with E-state index >= 15 is 0 Å². The van der Waals surface area contributed by atoms with E-state index in [4.69, 9.17) is 12.2 Å². The summed E-state index contributed by atoms with van der Waals surface area (Å²) in [6, 6.07) is 0. The molecule has 1 aliphatic rings. The number of hydrogen-bond donors (Lipinski definition) is 3. The van der Waals surface area contributed by atoms with Crippen LogP contribution in [-0.4, -0.2) is 33.1 Å². The first-order chi connectivity index (χ1) is 8.06. The van der Waals surface area contributed by atoms with E-state index < -0.39 is 0 Å². The first kappa shape index (κ1) is 12.3. The number of hydrogen-bond acceptors (Lipinski definition) is 4. The molecule has 94 valence electrons. The molecule has 0 bridgehead atoms. The van der Waals surface area contributed by atoms with Gasteiger partial charge in [0.1, 0.15) is 0 Å². The van der Waals surface area contributed by atoms with E-state index in [1.807, 2.05) is 0 Å². The van der Waals surface area contributed by atoms with Gasteiger partial charge in [-0.05, 0) is 44.1 Å². The van der Waals surface area contributed by atoms with Crippen molar-refractivity contribution < 1.29 is 5.11 Å². The molecular weight excluding hydrogens is 238 g/mol. The second-order valence-corrected chi connectivity index (χ2v) is 5.10. The third kappa shape index (κ3) is 2.95. The second kappa shape index (κ2) is 5.01. The molecule has 1 aliphatic heterocycles. The van der Waals surface area contributed by atoms with E-state index in [1.54, 1.807) is 0 Å². The van der Waals surface area contributed by atoms with Crippen LogP contribution in [-0.2, 0) is 6.54 Å². The number of likely N-dealkylation sites (tertiary alicyclic amines) is 1. The lowest BCUT2D eigenvalue weighted by Gasteiger charge is -2.29. The van der Waals surface area contributed by atoms with Gasteiger partial charge in [0.05, 0.1) is 5.56 Å². The predicted molar refractivity (Wildman–Crippen MR) is 67.6 cm³/mol. The molecule has 0 saturated carbocycles. The SMILES string of the molecule is CC1CCN(Cc2c(O)[nH]c(=S)[nH]c2=O)CC1. The minimum atomic E-state index is -0.301. The molecule has 0 radical (unpaired) electrons. The van der Waals surface area contributed by atoms with Gasteiger partial charge < -0.3 is 10.1 Å². The fourth-order valence-corrected chi connectivity index (χ4v) is 2.28. The average molecular weight is 255 g/mol. The molecule has 5 nitrogen and oxygen atoms in total. The Balaban J connectivity index is 2.14. The van der Waals surface area contributed by atoms with Crippen molar-refractivity contribution in [2.75, 3.05) is 13.1 Å². The van der Waals surface area contributed by atoms with Crippen molar-refractivity contribution in [3.8, 4) is 5.88 Å². The zero-order chi connectivity index (χ0) is 12.4. The number of aromatic hydroxyl groups is 1. The lowest BCUT2D eigenvalue weighted by Crippen LogP contribution is -2.34. The van der Waals surface area contributed by atoms with Crippen molar-refractivity contribution >= 4 is 12.2 Å². The maximum atomic E-state index is 11.7. The van der Waals surface area contributed by atoms with Gasteiger partial charge in [-0.25, -0.2) is 0 Å². The molecule has 1 fully saturated rings. The van der Waals surface area contributed by atoms with Gasteiger partial charge in [-0.2, -0.15) is 0 Å². The van der Waals surface area contributed by atoms with Crippen molar-refractivity contribution in [3.05, 3.63) is 20.7 Å². The summed E-state index contributed by atoms with van der Waals surface area (Å²) in [6.07, 6.45) is 2.28. The van der Waals surface area contributed by atoms with Crippen LogP contribution in [0, 0.1) is 10.7 Å². The molecule has 3 N–H and O–H groups in total. The molecule has 2 rings (SSSR count). The third-order valence-electron chi connectivity index (χ3n) is 3.28. The Labute approximate surface area is 104 Å². The lowest BCUT2D eigenvalue weighted by molar-refractivity contribution is 0.182. The van der Waals surface area contributed by atoms with Gasteiger partial charge >= 0.3 is 0 Å². The van der Waals surface area contributed by atoms with Crippen molar-refractivity contribution in [2.24, 2.45) is 5.92 Å². The van der Waals surface area contributed by atoms with Crippen molar-refractivity contribution in [1.29, 1.82) is 0 Å². The topological polar surface area (TPSA) is 72.1 Å². The van der Waals surface area contributed by atoms with Crippen molar-refractivity contribution in [3.63, 3.8) is 0 Å². The number of aromatic amines is 2. The number of H-pyrrole nitrogens is 2. The van der Waals surface area contributed by atoms with Crippen LogP contribution in [0.2, 0.25) is 0 Å². The molecule has 0 unspecified atom stereocenters. The minimum Gasteiger partial charge on any atom is -0.494 e. The number of rotatable bonds is 2. The average Bonchev–Trinajstić information content (AvgIpc) is 2.26. The molecule has 0 amide bonds. The Kier molecular flexibility index (Phi) is 3.63. The molecule has 0 spiro atoms. The molecular formula is C11H17N3O2S. The summed E-state index contributed by atoms with van der Waals surface area (Å²) in [4.78, 5) is 18.9. The predicted octanol–water partition coefficient (Wildman–Crippen LogP) is 1.37. The molecule has 0 atom stereocenters. The molecule has 1 aromatic rings. The Morgan fingerprint density at radius 3 is 2.65 bits per heavy atom. The Morgan fingerprint density at radius 1 is 1.41 bits per heavy atom. The van der Waals surface area contributed by atoms with Gasteiger partial charge in [0.25, 0.3) is 5.56 Å². The van der Waals surface area contributed by atoms with Crippen LogP contribution in [0.4, 0.5) is 0 Å². The third-order valence-corrected chi connectivity index (χ3v) is 3.48. The smallest absolute Gasteiger partial charge is 0.260 e. The highest BCUT2D eigenvalue weighted by Gasteiger charge is 2.18. The number of nitrogens with zero attached hydrogens (tertiary/aromatic N) is 1. The fraction of sp³-hybridized carbons (Fsp3) is 0.636. The number of nitrogens with one attached hydrogen (secondary N) is 2. The van der Waals surface area contributed by atoms with Crippen LogP contribution in [0.15, 0.2) is 4.79 Å². The first-order valence-electron chi connectivity index (χ1n) is 5.83. The fourth-order valence-electron chi connectivity index (χ4n) is 2.09. The Hall–Kier alpha value is -1.14. The van der Waals surface area contributed by atoms with Crippen LogP contribution in [0.25, 0.3) is 0 Å². The van der Waals surface area contributed by atoms with E-state index in [2.05, 4.69) is 21.8 Å². The van der Waals surface area contributed by atoms with Crippen LogP contribution >= 0.6 is 12.2 Å². The summed E-state index contributed by atoms with van der Waals surface area (Å²) in [5.74, 6) is 0.636. The molecule has 17 heavy (non-hydrogen) atoms. The van der Waals surface area contributed by atoms with Crippen molar-refractivity contribution in [1.82, 2.24) is 14.9 Å². The summed E-state index contributed by atoms with van der Waals surface area (Å²) < 4.78 is 0.156. The maximum Gasteiger partial charge on any atom is 0.260 e. The van der Waals surface area contributed by atoms with Crippen LogP contribution in [0.5, 0.6) is 5.88 Å². The van der Waals surface area contributed by atoms with Gasteiger partial charge in [-0.1, -0.05) is 6.92 Å². The molecule has 2 heterocycles. The van der Waals surface area contributed by atoms with Gasteiger partial charge in [-0.15, -0.1) is 0 Å².